The Bertz CT molecular complexity index is 1160. The average Bonchev–Trinajstić information content (AvgIpc) is 3.35. The molecule has 0 spiro atoms. The number of fused-ring (bicyclic) bond motifs is 3. The minimum atomic E-state index is -4.57. The van der Waals surface area contributed by atoms with E-state index in [0.717, 1.165) is 26.2 Å². The first kappa shape index (κ1) is 28.0. The molecule has 0 radical (unpaired) electrons. The molecule has 4 aliphatic heterocycles. The number of hydrogen-bond acceptors (Lipinski definition) is 8. The number of ether oxygens (including phenoxy) is 3. The van der Waals surface area contributed by atoms with Gasteiger partial charge in [0.1, 0.15) is 36.1 Å². The fourth-order valence-corrected chi connectivity index (χ4v) is 5.06. The van der Waals surface area contributed by atoms with Crippen LogP contribution in [0.1, 0.15) is 32.6 Å². The molecule has 1 aromatic rings. The summed E-state index contributed by atoms with van der Waals surface area (Å²) in [5.74, 6) is 0.286. The molecule has 0 aliphatic carbocycles. The quantitative estimate of drug-likeness (QED) is 0.412. The molecule has 2 unspecified atom stereocenters. The molecule has 0 saturated carbocycles. The second-order valence-corrected chi connectivity index (χ2v) is 10.1. The van der Waals surface area contributed by atoms with Gasteiger partial charge in [-0.15, -0.1) is 0 Å². The highest BCUT2D eigenvalue weighted by molar-refractivity contribution is 5.91. The van der Waals surface area contributed by atoms with Crippen LogP contribution in [0.5, 0.6) is 5.75 Å². The maximum Gasteiger partial charge on any atom is 0.408 e. The van der Waals surface area contributed by atoms with E-state index in [1.54, 1.807) is 18.2 Å². The second kappa shape index (κ2) is 11.9. The maximum absolute atomic E-state index is 13.5. The number of carbonyl (C=O) groups excluding carboxylic acids is 2. The first-order valence-electron chi connectivity index (χ1n) is 13.4. The molecule has 218 valence electrons. The fourth-order valence-electron chi connectivity index (χ4n) is 5.06. The number of halogens is 3. The molecule has 1 aromatic heterocycles. The number of hydrogen-bond donors (Lipinski definition) is 3. The molecule has 4 atom stereocenters. The molecule has 5 rings (SSSR count). The third-order valence-corrected chi connectivity index (χ3v) is 7.20. The van der Waals surface area contributed by atoms with E-state index in [-0.39, 0.29) is 18.1 Å². The Kier molecular flexibility index (Phi) is 8.35. The third-order valence-electron chi connectivity index (χ3n) is 7.20. The molecule has 11 nitrogen and oxygen atoms in total. The van der Waals surface area contributed by atoms with Gasteiger partial charge in [-0.25, -0.2) is 9.78 Å². The molecule has 4 aliphatic rings. The van der Waals surface area contributed by atoms with Crippen molar-refractivity contribution < 1.29 is 37.0 Å². The number of nitrogens with one attached hydrogen (secondary N) is 3. The van der Waals surface area contributed by atoms with Gasteiger partial charge in [-0.3, -0.25) is 15.0 Å². The van der Waals surface area contributed by atoms with Gasteiger partial charge < -0.3 is 29.7 Å². The molecule has 5 heterocycles. The van der Waals surface area contributed by atoms with E-state index in [9.17, 15) is 22.8 Å². The zero-order valence-corrected chi connectivity index (χ0v) is 22.1. The van der Waals surface area contributed by atoms with Crippen molar-refractivity contribution in [1.82, 2.24) is 25.4 Å². The van der Waals surface area contributed by atoms with Gasteiger partial charge in [0.25, 0.3) is 0 Å². The van der Waals surface area contributed by atoms with Crippen LogP contribution in [0.15, 0.2) is 42.0 Å². The van der Waals surface area contributed by atoms with Crippen LogP contribution in [-0.4, -0.2) is 90.2 Å². The Morgan fingerprint density at radius 1 is 1.27 bits per heavy atom. The van der Waals surface area contributed by atoms with E-state index >= 15 is 0 Å². The van der Waals surface area contributed by atoms with Gasteiger partial charge in [0, 0.05) is 32.0 Å². The van der Waals surface area contributed by atoms with Crippen molar-refractivity contribution in [3.63, 3.8) is 0 Å². The van der Waals surface area contributed by atoms with E-state index in [0.29, 0.717) is 56.6 Å². The number of anilines is 1. The molecule has 40 heavy (non-hydrogen) atoms. The highest BCUT2D eigenvalue weighted by atomic mass is 19.4. The molecular weight excluding hydrogens is 533 g/mol. The summed E-state index contributed by atoms with van der Waals surface area (Å²) in [5.41, 5.74) is 0.698. The van der Waals surface area contributed by atoms with Crippen molar-refractivity contribution in [3.8, 4) is 5.75 Å². The van der Waals surface area contributed by atoms with E-state index in [4.69, 9.17) is 14.2 Å². The SMILES string of the molecule is C[C@@H](NC(=O)C1C=CC2=C(N1)N(C(=O)Nc1cc(OCCOC3CCCCO3)ccn1)[C@H]1CCN2C1)C(F)(F)F. The van der Waals surface area contributed by atoms with Crippen molar-refractivity contribution in [2.75, 3.05) is 38.2 Å². The summed E-state index contributed by atoms with van der Waals surface area (Å²) in [6.45, 7) is 3.53. The van der Waals surface area contributed by atoms with Crippen LogP contribution in [0.3, 0.4) is 0 Å². The highest BCUT2D eigenvalue weighted by Crippen LogP contribution is 2.34. The number of alkyl halides is 3. The van der Waals surface area contributed by atoms with E-state index in [2.05, 4.69) is 20.5 Å². The summed E-state index contributed by atoms with van der Waals surface area (Å²) in [5, 5.41) is 7.73. The minimum Gasteiger partial charge on any atom is -0.491 e. The van der Waals surface area contributed by atoms with Crippen molar-refractivity contribution in [3.05, 3.63) is 42.0 Å². The molecule has 2 fully saturated rings. The molecule has 3 amide bonds. The van der Waals surface area contributed by atoms with Gasteiger partial charge in [0.2, 0.25) is 5.91 Å². The Labute approximate surface area is 229 Å². The van der Waals surface area contributed by atoms with Crippen molar-refractivity contribution in [1.29, 1.82) is 0 Å². The number of aromatic nitrogens is 1. The third kappa shape index (κ3) is 6.44. The van der Waals surface area contributed by atoms with Gasteiger partial charge in [-0.05, 0) is 44.7 Å². The van der Waals surface area contributed by atoms with E-state index in [1.165, 1.54) is 17.2 Å². The Hall–Kier alpha value is -3.52. The van der Waals surface area contributed by atoms with Crippen LogP contribution >= 0.6 is 0 Å². The van der Waals surface area contributed by atoms with E-state index in [1.807, 2.05) is 5.32 Å². The summed E-state index contributed by atoms with van der Waals surface area (Å²) in [4.78, 5) is 33.9. The van der Waals surface area contributed by atoms with Crippen LogP contribution < -0.4 is 20.7 Å². The normalized spacial score (nSPS) is 24.8. The van der Waals surface area contributed by atoms with Crippen molar-refractivity contribution in [2.24, 2.45) is 0 Å². The number of pyridine rings is 1. The Balaban J connectivity index is 1.21. The molecular formula is C26H33F3N6O5. The predicted molar refractivity (Wildman–Crippen MR) is 137 cm³/mol. The number of rotatable bonds is 8. The maximum atomic E-state index is 13.5. The number of amides is 3. The molecule has 0 aromatic carbocycles. The van der Waals surface area contributed by atoms with Gasteiger partial charge in [0.05, 0.1) is 18.3 Å². The standard InChI is InChI=1S/C26H33F3N6O5/c1-16(26(27,28)29)31-24(36)19-5-6-20-23(32-19)35(17-8-10-34(20)15-17)25(37)33-21-14-18(7-9-30-21)38-12-13-40-22-4-2-3-11-39-22/h5-7,9,14,16-17,19,22,32H,2-4,8,10-13,15H2,1H3,(H,31,36)(H,30,33,37)/t16-,17+,19?,22?/m1/s1. The van der Waals surface area contributed by atoms with Crippen molar-refractivity contribution in [2.45, 2.75) is 63.2 Å². The smallest absolute Gasteiger partial charge is 0.408 e. The predicted octanol–water partition coefficient (Wildman–Crippen LogP) is 2.69. The number of nitrogens with zero attached hydrogens (tertiary/aromatic N) is 3. The van der Waals surface area contributed by atoms with Crippen LogP contribution in [0.4, 0.5) is 23.8 Å². The summed E-state index contributed by atoms with van der Waals surface area (Å²) in [6.07, 6.45) is 3.58. The largest absolute Gasteiger partial charge is 0.491 e. The minimum absolute atomic E-state index is 0.186. The summed E-state index contributed by atoms with van der Waals surface area (Å²) in [7, 11) is 0. The first-order valence-corrected chi connectivity index (χ1v) is 13.4. The van der Waals surface area contributed by atoms with Gasteiger partial charge in [0.15, 0.2) is 6.29 Å². The molecule has 2 saturated heterocycles. The van der Waals surface area contributed by atoms with Crippen LogP contribution in [-0.2, 0) is 14.3 Å². The zero-order chi connectivity index (χ0) is 28.3. The topological polar surface area (TPSA) is 117 Å². The van der Waals surface area contributed by atoms with Gasteiger partial charge >= 0.3 is 12.2 Å². The molecule has 2 bridgehead atoms. The number of allylic oxidation sites excluding steroid dienone is 1. The fraction of sp³-hybridized carbons (Fsp3) is 0.577. The summed E-state index contributed by atoms with van der Waals surface area (Å²) < 4.78 is 55.9. The number of dihydropyridines is 1. The van der Waals surface area contributed by atoms with Crippen LogP contribution in [0, 0.1) is 0 Å². The lowest BCUT2D eigenvalue weighted by molar-refractivity contribution is -0.165. The monoisotopic (exact) mass is 566 g/mol. The lowest BCUT2D eigenvalue weighted by Crippen LogP contribution is -2.57. The summed E-state index contributed by atoms with van der Waals surface area (Å²) >= 11 is 0. The number of urea groups is 1. The summed E-state index contributed by atoms with van der Waals surface area (Å²) in [6, 6.07) is -0.487. The average molecular weight is 567 g/mol. The van der Waals surface area contributed by atoms with Crippen LogP contribution in [0.25, 0.3) is 0 Å². The highest BCUT2D eigenvalue weighted by Gasteiger charge is 2.43. The lowest BCUT2D eigenvalue weighted by atomic mass is 10.1. The van der Waals surface area contributed by atoms with Crippen LogP contribution in [0.2, 0.25) is 0 Å². The van der Waals surface area contributed by atoms with Gasteiger partial charge in [-0.1, -0.05) is 6.08 Å². The number of carbonyl (C=O) groups is 2. The Morgan fingerprint density at radius 2 is 2.12 bits per heavy atom. The lowest BCUT2D eigenvalue weighted by Gasteiger charge is -2.41. The van der Waals surface area contributed by atoms with E-state index < -0.39 is 30.2 Å². The molecule has 14 heteroatoms. The Morgan fingerprint density at radius 3 is 2.90 bits per heavy atom. The van der Waals surface area contributed by atoms with Crippen molar-refractivity contribution >= 4 is 17.8 Å². The van der Waals surface area contributed by atoms with Gasteiger partial charge in [-0.2, -0.15) is 13.2 Å². The second-order valence-electron chi connectivity index (χ2n) is 10.1. The molecule has 3 N–H and O–H groups in total. The zero-order valence-electron chi connectivity index (χ0n) is 22.1. The first-order chi connectivity index (χ1) is 19.2.